The molecule has 0 bridgehead atoms. The van der Waals surface area contributed by atoms with Crippen LogP contribution < -0.4 is 10.6 Å². The molecule has 1 aromatic carbocycles. The Hall–Kier alpha value is -1.59. The first-order valence-corrected chi connectivity index (χ1v) is 7.98. The third-order valence-electron chi connectivity index (χ3n) is 3.90. The van der Waals surface area contributed by atoms with E-state index in [2.05, 4.69) is 10.6 Å². The highest BCUT2D eigenvalue weighted by Gasteiger charge is 2.14. The first kappa shape index (κ1) is 16.8. The summed E-state index contributed by atoms with van der Waals surface area (Å²) in [6.45, 7) is 2.01. The maximum atomic E-state index is 11.7. The molecule has 22 heavy (non-hydrogen) atoms. The van der Waals surface area contributed by atoms with Gasteiger partial charge in [-0.15, -0.1) is 0 Å². The summed E-state index contributed by atoms with van der Waals surface area (Å²) >= 11 is 0. The van der Waals surface area contributed by atoms with Gasteiger partial charge in [0.1, 0.15) is 6.61 Å². The van der Waals surface area contributed by atoms with E-state index in [9.17, 15) is 4.79 Å². The Labute approximate surface area is 132 Å². The lowest BCUT2D eigenvalue weighted by Crippen LogP contribution is -2.19. The number of carbonyl (C=O) groups excluding carboxylic acids is 1. The fourth-order valence-corrected chi connectivity index (χ4v) is 2.65. The van der Waals surface area contributed by atoms with E-state index < -0.39 is 0 Å². The topological polar surface area (TPSA) is 59.6 Å². The van der Waals surface area contributed by atoms with Crippen LogP contribution in [0.15, 0.2) is 24.3 Å². The summed E-state index contributed by atoms with van der Waals surface area (Å²) in [5.41, 5.74) is 1.88. The molecule has 0 aromatic heterocycles. The minimum Gasteiger partial charge on any atom is -0.385 e. The van der Waals surface area contributed by atoms with Crippen molar-refractivity contribution < 1.29 is 14.3 Å². The molecule has 1 aliphatic carbocycles. The van der Waals surface area contributed by atoms with Gasteiger partial charge in [-0.1, -0.05) is 12.8 Å². The molecule has 2 N–H and O–H groups in total. The predicted octanol–water partition coefficient (Wildman–Crippen LogP) is 2.89. The van der Waals surface area contributed by atoms with E-state index in [0.29, 0.717) is 13.2 Å². The highest BCUT2D eigenvalue weighted by Crippen LogP contribution is 2.25. The zero-order valence-corrected chi connectivity index (χ0v) is 13.3. The van der Waals surface area contributed by atoms with Crippen LogP contribution in [0.2, 0.25) is 0 Å². The molecule has 1 amide bonds. The van der Waals surface area contributed by atoms with Crippen LogP contribution in [0, 0.1) is 5.92 Å². The zero-order chi connectivity index (χ0) is 15.6. The maximum Gasteiger partial charge on any atom is 0.250 e. The summed E-state index contributed by atoms with van der Waals surface area (Å²) in [7, 11) is 1.60. The number of hydrogen-bond donors (Lipinski definition) is 2. The van der Waals surface area contributed by atoms with Gasteiger partial charge in [0.25, 0.3) is 0 Å². The lowest BCUT2D eigenvalue weighted by molar-refractivity contribution is -0.121. The van der Waals surface area contributed by atoms with Crippen LogP contribution >= 0.6 is 0 Å². The van der Waals surface area contributed by atoms with Crippen molar-refractivity contribution in [2.45, 2.75) is 25.7 Å². The number of hydrogen-bond acceptors (Lipinski definition) is 4. The van der Waals surface area contributed by atoms with E-state index in [0.717, 1.165) is 23.8 Å². The van der Waals surface area contributed by atoms with Crippen molar-refractivity contribution in [3.63, 3.8) is 0 Å². The van der Waals surface area contributed by atoms with E-state index in [1.807, 2.05) is 24.3 Å². The molecule has 0 spiro atoms. The van der Waals surface area contributed by atoms with E-state index in [1.54, 1.807) is 7.11 Å². The molecule has 0 radical (unpaired) electrons. The molecule has 1 aliphatic rings. The number of nitrogens with one attached hydrogen (secondary N) is 2. The van der Waals surface area contributed by atoms with Gasteiger partial charge < -0.3 is 20.1 Å². The molecule has 0 unspecified atom stereocenters. The average Bonchev–Trinajstić information content (AvgIpc) is 3.04. The number of carbonyl (C=O) groups is 1. The number of rotatable bonds is 9. The fraction of sp³-hybridized carbons (Fsp3) is 0.588. The summed E-state index contributed by atoms with van der Waals surface area (Å²) in [4.78, 5) is 11.7. The van der Waals surface area contributed by atoms with E-state index in [-0.39, 0.29) is 12.5 Å². The van der Waals surface area contributed by atoms with Gasteiger partial charge in [0.15, 0.2) is 0 Å². The van der Waals surface area contributed by atoms with Crippen LogP contribution in [0.25, 0.3) is 0 Å². The SMILES string of the molecule is COCCOCC(=O)Nc1ccc(NCC2CCCC2)cc1. The van der Waals surface area contributed by atoms with Crippen LogP contribution in [0.3, 0.4) is 0 Å². The smallest absolute Gasteiger partial charge is 0.250 e. The van der Waals surface area contributed by atoms with Crippen molar-refractivity contribution in [1.82, 2.24) is 0 Å². The predicted molar refractivity (Wildman–Crippen MR) is 88.2 cm³/mol. The van der Waals surface area contributed by atoms with Crippen LogP contribution in [-0.4, -0.2) is 39.4 Å². The van der Waals surface area contributed by atoms with Crippen molar-refractivity contribution in [2.24, 2.45) is 5.92 Å². The normalized spacial score (nSPS) is 15.0. The van der Waals surface area contributed by atoms with Crippen LogP contribution in [-0.2, 0) is 14.3 Å². The second-order valence-corrected chi connectivity index (χ2v) is 5.70. The van der Waals surface area contributed by atoms with Gasteiger partial charge in [-0.05, 0) is 43.0 Å². The maximum absolute atomic E-state index is 11.7. The van der Waals surface area contributed by atoms with Crippen molar-refractivity contribution >= 4 is 17.3 Å². The average molecular weight is 306 g/mol. The second-order valence-electron chi connectivity index (χ2n) is 5.70. The zero-order valence-electron chi connectivity index (χ0n) is 13.3. The Morgan fingerprint density at radius 3 is 2.50 bits per heavy atom. The molecule has 1 aromatic rings. The van der Waals surface area contributed by atoms with Gasteiger partial charge >= 0.3 is 0 Å². The molecule has 0 saturated heterocycles. The number of ether oxygens (including phenoxy) is 2. The van der Waals surface area contributed by atoms with E-state index >= 15 is 0 Å². The lowest BCUT2D eigenvalue weighted by atomic mass is 10.1. The Balaban J connectivity index is 1.68. The highest BCUT2D eigenvalue weighted by atomic mass is 16.5. The number of amides is 1. The molecule has 0 atom stereocenters. The highest BCUT2D eigenvalue weighted by molar-refractivity contribution is 5.91. The van der Waals surface area contributed by atoms with Crippen molar-refractivity contribution in [1.29, 1.82) is 0 Å². The lowest BCUT2D eigenvalue weighted by Gasteiger charge is -2.12. The summed E-state index contributed by atoms with van der Waals surface area (Å²) < 4.78 is 10.0. The molecule has 122 valence electrons. The molecule has 1 fully saturated rings. The molecule has 1 saturated carbocycles. The first-order valence-electron chi connectivity index (χ1n) is 7.98. The third kappa shape index (κ3) is 6.03. The van der Waals surface area contributed by atoms with Gasteiger partial charge in [0.2, 0.25) is 5.91 Å². The minimum absolute atomic E-state index is 0.0467. The second kappa shape index (κ2) is 9.43. The summed E-state index contributed by atoms with van der Waals surface area (Å²) in [6.07, 6.45) is 5.40. The standard InChI is InChI=1S/C17H26N2O3/c1-21-10-11-22-13-17(20)19-16-8-6-15(7-9-16)18-12-14-4-2-3-5-14/h6-9,14,18H,2-5,10-13H2,1H3,(H,19,20). The van der Waals surface area contributed by atoms with Gasteiger partial charge in [-0.3, -0.25) is 4.79 Å². The first-order chi connectivity index (χ1) is 10.8. The largest absolute Gasteiger partial charge is 0.385 e. The number of methoxy groups -OCH3 is 1. The van der Waals surface area contributed by atoms with E-state index in [1.165, 1.54) is 25.7 Å². The van der Waals surface area contributed by atoms with Crippen molar-refractivity contribution in [2.75, 3.05) is 44.1 Å². The molecule has 0 aliphatic heterocycles. The Morgan fingerprint density at radius 2 is 1.82 bits per heavy atom. The molecular formula is C17H26N2O3. The number of anilines is 2. The van der Waals surface area contributed by atoms with Crippen LogP contribution in [0.4, 0.5) is 11.4 Å². The van der Waals surface area contributed by atoms with Gasteiger partial charge in [-0.2, -0.15) is 0 Å². The van der Waals surface area contributed by atoms with Gasteiger partial charge in [0.05, 0.1) is 13.2 Å². The van der Waals surface area contributed by atoms with Crippen LogP contribution in [0.1, 0.15) is 25.7 Å². The van der Waals surface area contributed by atoms with Gasteiger partial charge in [0, 0.05) is 25.0 Å². The van der Waals surface area contributed by atoms with Crippen molar-refractivity contribution in [3.8, 4) is 0 Å². The fourth-order valence-electron chi connectivity index (χ4n) is 2.65. The molecule has 2 rings (SSSR count). The number of benzene rings is 1. The van der Waals surface area contributed by atoms with E-state index in [4.69, 9.17) is 9.47 Å². The Kier molecular flexibility index (Phi) is 7.19. The monoisotopic (exact) mass is 306 g/mol. The molecule has 5 heteroatoms. The quantitative estimate of drug-likeness (QED) is 0.689. The summed E-state index contributed by atoms with van der Waals surface area (Å²) in [5.74, 6) is 0.659. The summed E-state index contributed by atoms with van der Waals surface area (Å²) in [6, 6.07) is 7.81. The third-order valence-corrected chi connectivity index (χ3v) is 3.90. The Morgan fingerprint density at radius 1 is 1.14 bits per heavy atom. The molecule has 5 nitrogen and oxygen atoms in total. The molecular weight excluding hydrogens is 280 g/mol. The van der Waals surface area contributed by atoms with Gasteiger partial charge in [-0.25, -0.2) is 0 Å². The van der Waals surface area contributed by atoms with Crippen molar-refractivity contribution in [3.05, 3.63) is 24.3 Å². The Bertz CT molecular complexity index is 442. The van der Waals surface area contributed by atoms with Crippen LogP contribution in [0.5, 0.6) is 0 Å². The molecule has 0 heterocycles. The minimum atomic E-state index is -0.150. The summed E-state index contributed by atoms with van der Waals surface area (Å²) in [5, 5.41) is 6.27.